The lowest BCUT2D eigenvalue weighted by Gasteiger charge is -2.52. The quantitative estimate of drug-likeness (QED) is 0.242. The summed E-state index contributed by atoms with van der Waals surface area (Å²) in [7, 11) is 3.06. The number of likely N-dealkylation sites (tertiary alicyclic amines) is 1. The molecule has 14 heteroatoms. The molecule has 54 heavy (non-hydrogen) atoms. The lowest BCUT2D eigenvalue weighted by atomic mass is 9.88. The van der Waals surface area contributed by atoms with Crippen LogP contribution in [0.25, 0.3) is 0 Å². The lowest BCUT2D eigenvalue weighted by molar-refractivity contribution is -0.163. The molecule has 2 saturated heterocycles. The molecule has 4 aromatic rings. The van der Waals surface area contributed by atoms with Gasteiger partial charge in [-0.2, -0.15) is 5.10 Å². The van der Waals surface area contributed by atoms with Gasteiger partial charge < -0.3 is 29.7 Å². The van der Waals surface area contributed by atoms with Gasteiger partial charge in [0.1, 0.15) is 22.9 Å². The van der Waals surface area contributed by atoms with Crippen LogP contribution in [0, 0.1) is 18.6 Å². The molecular formula is C40H46F2N8O4. The Morgan fingerprint density at radius 3 is 2.24 bits per heavy atom. The highest BCUT2D eigenvalue weighted by atomic mass is 19.1. The van der Waals surface area contributed by atoms with E-state index in [0.29, 0.717) is 49.3 Å². The molecule has 1 spiro atoms. The summed E-state index contributed by atoms with van der Waals surface area (Å²) in [6.07, 6.45) is 6.38. The van der Waals surface area contributed by atoms with Crippen molar-refractivity contribution in [2.75, 3.05) is 52.3 Å². The second-order valence-electron chi connectivity index (χ2n) is 15.2. The minimum absolute atomic E-state index is 0.0103. The molecule has 2 N–H and O–H groups in total. The third-order valence-corrected chi connectivity index (χ3v) is 11.6. The maximum Gasteiger partial charge on any atom is 0.268 e. The third-order valence-electron chi connectivity index (χ3n) is 11.6. The minimum atomic E-state index is -0.774. The van der Waals surface area contributed by atoms with Crippen molar-refractivity contribution < 1.29 is 27.9 Å². The summed E-state index contributed by atoms with van der Waals surface area (Å²) in [5.74, 6) is -2.47. The van der Waals surface area contributed by atoms with Crippen molar-refractivity contribution in [3.8, 4) is 0 Å². The van der Waals surface area contributed by atoms with Gasteiger partial charge in [-0.15, -0.1) is 0 Å². The van der Waals surface area contributed by atoms with E-state index in [9.17, 15) is 14.4 Å². The van der Waals surface area contributed by atoms with Gasteiger partial charge in [0.25, 0.3) is 17.7 Å². The Balaban J connectivity index is 0.874. The number of nitrogens with zero attached hydrogens (tertiary/aromatic N) is 6. The van der Waals surface area contributed by atoms with E-state index in [4.69, 9.17) is 4.74 Å². The van der Waals surface area contributed by atoms with Gasteiger partial charge in [-0.1, -0.05) is 12.1 Å². The zero-order chi connectivity index (χ0) is 37.7. The number of nitrogens with one attached hydrogen (secondary N) is 2. The predicted octanol–water partition coefficient (Wildman–Crippen LogP) is 4.70. The zero-order valence-electron chi connectivity index (χ0n) is 30.9. The highest BCUT2D eigenvalue weighted by Crippen LogP contribution is 2.41. The van der Waals surface area contributed by atoms with Crippen molar-refractivity contribution in [1.29, 1.82) is 0 Å². The fourth-order valence-electron chi connectivity index (χ4n) is 8.22. The molecule has 0 radical (unpaired) electrons. The second kappa shape index (κ2) is 14.4. The molecule has 4 aliphatic rings. The Morgan fingerprint density at radius 2 is 1.61 bits per heavy atom. The first-order valence-electron chi connectivity index (χ1n) is 18.7. The molecule has 5 heterocycles. The molecule has 1 aliphatic carbocycles. The molecule has 284 valence electrons. The zero-order valence-corrected chi connectivity index (χ0v) is 30.9. The number of hydrogen-bond acceptors (Lipinski definition) is 7. The third kappa shape index (κ3) is 6.71. The molecule has 0 unspecified atom stereocenters. The summed E-state index contributed by atoms with van der Waals surface area (Å²) >= 11 is 0. The van der Waals surface area contributed by atoms with E-state index in [1.165, 1.54) is 31.8 Å². The van der Waals surface area contributed by atoms with E-state index in [1.807, 2.05) is 51.4 Å². The van der Waals surface area contributed by atoms with E-state index < -0.39 is 23.1 Å². The van der Waals surface area contributed by atoms with E-state index >= 15 is 8.78 Å². The van der Waals surface area contributed by atoms with Crippen LogP contribution in [0.15, 0.2) is 54.7 Å². The highest BCUT2D eigenvalue weighted by Gasteiger charge is 2.50. The molecule has 3 aliphatic heterocycles. The van der Waals surface area contributed by atoms with E-state index in [-0.39, 0.29) is 36.0 Å². The van der Waals surface area contributed by atoms with Crippen LogP contribution in [0.5, 0.6) is 0 Å². The van der Waals surface area contributed by atoms with Crippen LogP contribution in [0.1, 0.15) is 85.4 Å². The summed E-state index contributed by atoms with van der Waals surface area (Å²) in [6, 6.07) is 14.3. The van der Waals surface area contributed by atoms with E-state index in [1.54, 1.807) is 12.3 Å². The van der Waals surface area contributed by atoms with Gasteiger partial charge >= 0.3 is 0 Å². The van der Waals surface area contributed by atoms with Gasteiger partial charge in [0, 0.05) is 87.6 Å². The number of piperidine rings is 1. The van der Waals surface area contributed by atoms with Gasteiger partial charge in [-0.25, -0.2) is 8.78 Å². The Kier molecular flexibility index (Phi) is 9.61. The predicted molar refractivity (Wildman–Crippen MR) is 197 cm³/mol. The molecule has 3 fully saturated rings. The number of halogens is 2. The van der Waals surface area contributed by atoms with Crippen molar-refractivity contribution in [3.63, 3.8) is 0 Å². The first kappa shape index (κ1) is 36.1. The number of carbonyl (C=O) groups is 3. The van der Waals surface area contributed by atoms with Crippen LogP contribution >= 0.6 is 0 Å². The maximum atomic E-state index is 15.2. The molecule has 0 bridgehead atoms. The standard InChI is InChI=1S/C40H46F2N8O4/c1-25-31(21-44-50(25)30-12-14-47(15-13-30)29-8-9-29)37(51)45-28-6-4-26(5-7-28)20-43-38(52)35-10-11-36-40(23-54-24-40)48(16-17-49(35)36)22-32-33(41)18-27(19-34(32)42)39(53)46(2)3/h4-7,10-11,18-19,21,29-30H,8-9,12-17,20,22-24H2,1-3H3,(H,43,52)(H,45,51). The minimum Gasteiger partial charge on any atom is -0.377 e. The maximum absolute atomic E-state index is 15.2. The Morgan fingerprint density at radius 1 is 0.907 bits per heavy atom. The van der Waals surface area contributed by atoms with Gasteiger partial charge in [-0.05, 0) is 74.6 Å². The summed E-state index contributed by atoms with van der Waals surface area (Å²) < 4.78 is 40.0. The van der Waals surface area contributed by atoms with Crippen molar-refractivity contribution in [1.82, 2.24) is 34.4 Å². The number of carbonyl (C=O) groups excluding carboxylic acids is 3. The number of amides is 3. The van der Waals surface area contributed by atoms with Crippen LogP contribution < -0.4 is 10.6 Å². The van der Waals surface area contributed by atoms with Gasteiger partial charge in [0.2, 0.25) is 0 Å². The van der Waals surface area contributed by atoms with Crippen molar-refractivity contribution in [2.24, 2.45) is 0 Å². The van der Waals surface area contributed by atoms with E-state index in [0.717, 1.165) is 61.1 Å². The van der Waals surface area contributed by atoms with Crippen LogP contribution in [0.4, 0.5) is 14.5 Å². The Labute approximate surface area is 313 Å². The molecule has 2 aromatic heterocycles. The molecule has 3 amide bonds. The largest absolute Gasteiger partial charge is 0.377 e. The number of hydrogen-bond donors (Lipinski definition) is 2. The normalized spacial score (nSPS) is 18.6. The smallest absolute Gasteiger partial charge is 0.268 e. The summed E-state index contributed by atoms with van der Waals surface area (Å²) in [5.41, 5.74) is 3.51. The number of rotatable bonds is 10. The fourth-order valence-corrected chi connectivity index (χ4v) is 8.22. The number of aromatic nitrogens is 3. The lowest BCUT2D eigenvalue weighted by Crippen LogP contribution is -2.63. The first-order chi connectivity index (χ1) is 26.0. The van der Waals surface area contributed by atoms with Crippen molar-refractivity contribution >= 4 is 23.4 Å². The van der Waals surface area contributed by atoms with Gasteiger partial charge in [-0.3, -0.25) is 24.0 Å². The molecule has 1 saturated carbocycles. The molecule has 12 nitrogen and oxygen atoms in total. The summed E-state index contributed by atoms with van der Waals surface area (Å²) in [6.45, 7) is 5.92. The fraction of sp³-hybridized carbons (Fsp3) is 0.450. The van der Waals surface area contributed by atoms with Crippen LogP contribution in [0.2, 0.25) is 0 Å². The average molecular weight is 741 g/mol. The van der Waals surface area contributed by atoms with Gasteiger partial charge in [0.05, 0.1) is 31.0 Å². The van der Waals surface area contributed by atoms with Crippen LogP contribution in [0.3, 0.4) is 0 Å². The topological polar surface area (TPSA) is 117 Å². The van der Waals surface area contributed by atoms with Crippen LogP contribution in [-0.4, -0.2) is 99.8 Å². The van der Waals surface area contributed by atoms with Crippen molar-refractivity contribution in [2.45, 2.75) is 69.9 Å². The highest BCUT2D eigenvalue weighted by molar-refractivity contribution is 6.05. The van der Waals surface area contributed by atoms with Crippen LogP contribution in [-0.2, 0) is 29.9 Å². The SMILES string of the molecule is Cc1c(C(=O)Nc2ccc(CNC(=O)c3ccc4n3CCN(Cc3c(F)cc(C(=O)N(C)C)cc3F)C43COC3)cc2)cnn1C1CCN(C2CC2)CC1. The van der Waals surface area contributed by atoms with Gasteiger partial charge in [0.15, 0.2) is 0 Å². The Bertz CT molecular complexity index is 2050. The van der Waals surface area contributed by atoms with Crippen molar-refractivity contribution in [3.05, 3.63) is 106 Å². The molecule has 0 atom stereocenters. The molecular weight excluding hydrogens is 694 g/mol. The number of ether oxygens (including phenoxy) is 1. The summed E-state index contributed by atoms with van der Waals surface area (Å²) in [5, 5.41) is 10.6. The molecule has 8 rings (SSSR count). The number of fused-ring (bicyclic) bond motifs is 2. The number of anilines is 1. The monoisotopic (exact) mass is 740 g/mol. The van der Waals surface area contributed by atoms with E-state index in [2.05, 4.69) is 20.6 Å². The summed E-state index contributed by atoms with van der Waals surface area (Å²) in [4.78, 5) is 44.8. The average Bonchev–Trinajstić information content (AvgIpc) is 3.79. The molecule has 2 aromatic carbocycles. The Hall–Kier alpha value is -4.92. The number of benzene rings is 2. The second-order valence-corrected chi connectivity index (χ2v) is 15.2. The first-order valence-corrected chi connectivity index (χ1v) is 18.7.